The number of nitrogens with zero attached hydrogens (tertiary/aromatic N) is 4. The maximum atomic E-state index is 12.5. The van der Waals surface area contributed by atoms with Crippen molar-refractivity contribution in [3.8, 4) is 0 Å². The lowest BCUT2D eigenvalue weighted by Crippen LogP contribution is -2.16. The van der Waals surface area contributed by atoms with E-state index in [0.29, 0.717) is 5.56 Å². The van der Waals surface area contributed by atoms with E-state index < -0.39 is 18.0 Å². The summed E-state index contributed by atoms with van der Waals surface area (Å²) in [4.78, 5) is 7.01. The molecule has 0 saturated carbocycles. The van der Waals surface area contributed by atoms with Crippen molar-refractivity contribution >= 4 is 5.95 Å². The first-order chi connectivity index (χ1) is 9.36. The van der Waals surface area contributed by atoms with E-state index in [4.69, 9.17) is 0 Å². The zero-order valence-corrected chi connectivity index (χ0v) is 10.5. The summed E-state index contributed by atoms with van der Waals surface area (Å²) in [6.07, 6.45) is -1.35. The highest BCUT2D eigenvalue weighted by Crippen LogP contribution is 2.27. The lowest BCUT2D eigenvalue weighted by atomic mass is 10.2. The summed E-state index contributed by atoms with van der Waals surface area (Å²) >= 11 is 0. The number of halogens is 3. The number of aliphatic hydroxyl groups is 1. The lowest BCUT2D eigenvalue weighted by Gasteiger charge is -2.11. The van der Waals surface area contributed by atoms with Crippen LogP contribution in [0.25, 0.3) is 0 Å². The van der Waals surface area contributed by atoms with Crippen LogP contribution >= 0.6 is 0 Å². The Morgan fingerprint density at radius 3 is 2.80 bits per heavy atom. The van der Waals surface area contributed by atoms with Crippen molar-refractivity contribution in [3.63, 3.8) is 0 Å². The van der Waals surface area contributed by atoms with Crippen LogP contribution in [-0.2, 0) is 13.2 Å². The Hall–Kier alpha value is -2.16. The number of hydrogen-bond donors (Lipinski definition) is 2. The molecule has 0 spiro atoms. The number of rotatable bonds is 4. The Labute approximate surface area is 112 Å². The predicted molar refractivity (Wildman–Crippen MR) is 63.7 cm³/mol. The second-order valence-corrected chi connectivity index (χ2v) is 4.11. The van der Waals surface area contributed by atoms with Gasteiger partial charge in [0, 0.05) is 31.5 Å². The van der Waals surface area contributed by atoms with Crippen molar-refractivity contribution < 1.29 is 18.3 Å². The summed E-state index contributed by atoms with van der Waals surface area (Å²) in [5.41, 5.74) is -0.488. The molecule has 0 bridgehead atoms. The average Bonchev–Trinajstić information content (AvgIpc) is 2.82. The molecule has 1 unspecified atom stereocenters. The number of aryl methyl sites for hydroxylation is 1. The van der Waals surface area contributed by atoms with Crippen LogP contribution in [0.15, 0.2) is 24.7 Å². The molecule has 20 heavy (non-hydrogen) atoms. The minimum Gasteiger partial charge on any atom is -0.386 e. The summed E-state index contributed by atoms with van der Waals surface area (Å²) in [5, 5.41) is 16.3. The first kappa shape index (κ1) is 14.3. The van der Waals surface area contributed by atoms with Crippen LogP contribution in [0.3, 0.4) is 0 Å². The van der Waals surface area contributed by atoms with Crippen LogP contribution in [0.1, 0.15) is 17.4 Å². The number of hydrogen-bond acceptors (Lipinski definition) is 5. The Morgan fingerprint density at radius 2 is 2.20 bits per heavy atom. The van der Waals surface area contributed by atoms with Crippen LogP contribution in [0.5, 0.6) is 0 Å². The van der Waals surface area contributed by atoms with E-state index in [2.05, 4.69) is 20.4 Å². The first-order valence-corrected chi connectivity index (χ1v) is 5.67. The lowest BCUT2D eigenvalue weighted by molar-refractivity contribution is -0.141. The molecule has 108 valence electrons. The molecule has 2 N–H and O–H groups in total. The Morgan fingerprint density at radius 1 is 1.45 bits per heavy atom. The van der Waals surface area contributed by atoms with Gasteiger partial charge in [-0.3, -0.25) is 4.68 Å². The molecule has 0 amide bonds. The molecule has 9 heteroatoms. The number of aliphatic hydroxyl groups excluding tert-OH is 1. The summed E-state index contributed by atoms with van der Waals surface area (Å²) in [6.45, 7) is -0.0208. The Kier molecular flexibility index (Phi) is 3.89. The minimum atomic E-state index is -4.53. The topological polar surface area (TPSA) is 75.9 Å². The van der Waals surface area contributed by atoms with E-state index in [1.807, 2.05) is 0 Å². The zero-order valence-electron chi connectivity index (χ0n) is 10.5. The van der Waals surface area contributed by atoms with Crippen LogP contribution in [0, 0.1) is 0 Å². The van der Waals surface area contributed by atoms with E-state index in [1.54, 1.807) is 13.2 Å². The fourth-order valence-corrected chi connectivity index (χ4v) is 1.52. The third kappa shape index (κ3) is 3.44. The molecule has 0 aromatic carbocycles. The third-order valence-corrected chi connectivity index (χ3v) is 2.51. The number of nitrogens with one attached hydrogen (secondary N) is 1. The van der Waals surface area contributed by atoms with Crippen molar-refractivity contribution in [2.24, 2.45) is 7.05 Å². The molecule has 0 fully saturated rings. The van der Waals surface area contributed by atoms with Gasteiger partial charge in [-0.05, 0) is 6.07 Å². The van der Waals surface area contributed by atoms with E-state index in [1.165, 1.54) is 10.9 Å². The molecule has 6 nitrogen and oxygen atoms in total. The summed E-state index contributed by atoms with van der Waals surface area (Å²) < 4.78 is 38.9. The SMILES string of the molecule is Cn1cc(C(O)CNc2nccc(C(F)(F)F)n2)cn1. The van der Waals surface area contributed by atoms with Crippen molar-refractivity contribution in [1.82, 2.24) is 19.7 Å². The average molecular weight is 287 g/mol. The molecule has 2 rings (SSSR count). The highest BCUT2D eigenvalue weighted by atomic mass is 19.4. The predicted octanol–water partition coefficient (Wildman–Crippen LogP) is 1.37. The molecule has 2 aromatic rings. The fourth-order valence-electron chi connectivity index (χ4n) is 1.52. The van der Waals surface area contributed by atoms with E-state index >= 15 is 0 Å². The van der Waals surface area contributed by atoms with E-state index in [0.717, 1.165) is 12.3 Å². The van der Waals surface area contributed by atoms with Crippen molar-refractivity contribution in [1.29, 1.82) is 0 Å². The largest absolute Gasteiger partial charge is 0.433 e. The summed E-state index contributed by atoms with van der Waals surface area (Å²) in [5.74, 6) is -0.192. The number of aromatic nitrogens is 4. The second-order valence-electron chi connectivity index (χ2n) is 4.11. The molecule has 0 saturated heterocycles. The molecule has 0 aliphatic heterocycles. The molecular weight excluding hydrogens is 275 g/mol. The first-order valence-electron chi connectivity index (χ1n) is 5.67. The summed E-state index contributed by atoms with van der Waals surface area (Å²) in [6, 6.07) is 0.780. The molecule has 0 aliphatic rings. The highest BCUT2D eigenvalue weighted by molar-refractivity contribution is 5.27. The van der Waals surface area contributed by atoms with Gasteiger partial charge in [-0.25, -0.2) is 9.97 Å². The minimum absolute atomic E-state index is 0.0208. The normalized spacial score (nSPS) is 13.2. The second kappa shape index (κ2) is 5.45. The number of anilines is 1. The maximum absolute atomic E-state index is 12.5. The van der Waals surface area contributed by atoms with Crippen molar-refractivity contribution in [2.45, 2.75) is 12.3 Å². The van der Waals surface area contributed by atoms with E-state index in [-0.39, 0.29) is 12.5 Å². The van der Waals surface area contributed by atoms with Gasteiger partial charge in [0.1, 0.15) is 5.69 Å². The molecule has 2 heterocycles. The molecular formula is C11H12F3N5O. The molecule has 2 aromatic heterocycles. The fraction of sp³-hybridized carbons (Fsp3) is 0.364. The third-order valence-electron chi connectivity index (χ3n) is 2.51. The smallest absolute Gasteiger partial charge is 0.386 e. The zero-order chi connectivity index (χ0) is 14.8. The van der Waals surface area contributed by atoms with Gasteiger partial charge < -0.3 is 10.4 Å². The standard InChI is InChI=1S/C11H12F3N5O/c1-19-6-7(4-17-19)8(20)5-16-10-15-3-2-9(18-10)11(12,13)14/h2-4,6,8,20H,5H2,1H3,(H,15,16,18). The molecule has 0 aliphatic carbocycles. The van der Waals surface area contributed by atoms with Crippen LogP contribution in [0.4, 0.5) is 19.1 Å². The van der Waals surface area contributed by atoms with Crippen LogP contribution in [0.2, 0.25) is 0 Å². The number of alkyl halides is 3. The quantitative estimate of drug-likeness (QED) is 0.888. The van der Waals surface area contributed by atoms with Crippen molar-refractivity contribution in [2.75, 3.05) is 11.9 Å². The Bertz CT molecular complexity index is 583. The van der Waals surface area contributed by atoms with Crippen molar-refractivity contribution in [3.05, 3.63) is 35.9 Å². The maximum Gasteiger partial charge on any atom is 0.433 e. The van der Waals surface area contributed by atoms with Gasteiger partial charge in [0.15, 0.2) is 0 Å². The monoisotopic (exact) mass is 287 g/mol. The molecule has 0 radical (unpaired) electrons. The van der Waals surface area contributed by atoms with Gasteiger partial charge in [-0.1, -0.05) is 0 Å². The highest BCUT2D eigenvalue weighted by Gasteiger charge is 2.32. The van der Waals surface area contributed by atoms with Gasteiger partial charge >= 0.3 is 6.18 Å². The van der Waals surface area contributed by atoms with E-state index in [9.17, 15) is 18.3 Å². The van der Waals surface area contributed by atoms with Crippen LogP contribution < -0.4 is 5.32 Å². The van der Waals surface area contributed by atoms with Gasteiger partial charge in [0.25, 0.3) is 0 Å². The van der Waals surface area contributed by atoms with Crippen LogP contribution in [-0.4, -0.2) is 31.4 Å². The van der Waals surface area contributed by atoms with Gasteiger partial charge in [0.2, 0.25) is 5.95 Å². The van der Waals surface area contributed by atoms with Gasteiger partial charge in [-0.15, -0.1) is 0 Å². The van der Waals surface area contributed by atoms with Gasteiger partial charge in [-0.2, -0.15) is 18.3 Å². The van der Waals surface area contributed by atoms with Gasteiger partial charge in [0.05, 0.1) is 12.3 Å². The summed E-state index contributed by atoms with van der Waals surface area (Å²) in [7, 11) is 1.69. The molecule has 1 atom stereocenters. The Balaban J connectivity index is 2.00.